The molecule has 6 heteroatoms. The summed E-state index contributed by atoms with van der Waals surface area (Å²) in [6.07, 6.45) is 4.69. The topological polar surface area (TPSA) is 69.9 Å². The molecule has 0 radical (unpaired) electrons. The highest BCUT2D eigenvalue weighted by atomic mass is 16.2. The summed E-state index contributed by atoms with van der Waals surface area (Å²) in [5.74, 6) is 0. The number of hydrogen-bond donors (Lipinski definition) is 1. The van der Waals surface area contributed by atoms with E-state index in [1.54, 1.807) is 5.01 Å². The van der Waals surface area contributed by atoms with Crippen molar-refractivity contribution in [3.05, 3.63) is 0 Å². The first kappa shape index (κ1) is 14.8. The van der Waals surface area contributed by atoms with Gasteiger partial charge in [0.1, 0.15) is 0 Å². The second-order valence-electron chi connectivity index (χ2n) is 4.62. The number of primary amides is 1. The van der Waals surface area contributed by atoms with E-state index in [1.807, 2.05) is 5.01 Å². The van der Waals surface area contributed by atoms with Crippen molar-refractivity contribution >= 4 is 12.1 Å². The van der Waals surface area contributed by atoms with Crippen LogP contribution in [0.3, 0.4) is 0 Å². The summed E-state index contributed by atoms with van der Waals surface area (Å²) in [4.78, 5) is 23.8. The minimum Gasteiger partial charge on any atom is -0.351 e. The number of piperidine rings is 1. The fraction of sp³-hybridized carbons (Fsp3) is 0.833. The highest BCUT2D eigenvalue weighted by Crippen LogP contribution is 2.16. The lowest BCUT2D eigenvalue weighted by Crippen LogP contribution is -2.49. The number of nitrogens with two attached hydrogens (primary N) is 1. The number of carbonyl (C=O) groups excluding carboxylic acids is 2. The molecule has 0 aliphatic carbocycles. The Kier molecular flexibility index (Phi) is 5.91. The zero-order valence-corrected chi connectivity index (χ0v) is 11.4. The van der Waals surface area contributed by atoms with E-state index in [-0.39, 0.29) is 7.46 Å². The summed E-state index contributed by atoms with van der Waals surface area (Å²) < 4.78 is 0. The molecular weight excluding hydrogens is 232 g/mol. The van der Waals surface area contributed by atoms with Gasteiger partial charge in [0, 0.05) is 14.5 Å². The predicted octanol–water partition coefficient (Wildman–Crippen LogP) is 1.87. The quantitative estimate of drug-likeness (QED) is 0.780. The molecule has 2 rings (SSSR count). The maximum absolute atomic E-state index is 11.8. The molecule has 2 N–H and O–H groups in total. The number of hydrogen-bond acceptors (Lipinski definition) is 3. The molecule has 0 unspecified atom stereocenters. The van der Waals surface area contributed by atoms with Crippen molar-refractivity contribution in [1.82, 2.24) is 14.9 Å². The van der Waals surface area contributed by atoms with Crippen LogP contribution in [0.25, 0.3) is 0 Å². The van der Waals surface area contributed by atoms with Crippen molar-refractivity contribution in [3.63, 3.8) is 0 Å². The van der Waals surface area contributed by atoms with E-state index in [2.05, 4.69) is 13.8 Å². The molecule has 2 aliphatic heterocycles. The first-order valence-corrected chi connectivity index (χ1v) is 6.75. The Balaban J connectivity index is 0.000000742. The Morgan fingerprint density at radius 2 is 1.72 bits per heavy atom. The third kappa shape index (κ3) is 3.60. The van der Waals surface area contributed by atoms with Crippen molar-refractivity contribution in [2.75, 3.05) is 26.2 Å². The van der Waals surface area contributed by atoms with Crippen LogP contribution in [0.2, 0.25) is 0 Å². The fourth-order valence-electron chi connectivity index (χ4n) is 2.11. The van der Waals surface area contributed by atoms with Gasteiger partial charge in [-0.1, -0.05) is 26.7 Å². The van der Waals surface area contributed by atoms with Crippen LogP contribution < -0.4 is 5.73 Å². The lowest BCUT2D eigenvalue weighted by Gasteiger charge is -2.33. The molecule has 106 valence electrons. The van der Waals surface area contributed by atoms with E-state index in [0.717, 1.165) is 30.8 Å². The lowest BCUT2D eigenvalue weighted by atomic mass is 10.2. The van der Waals surface area contributed by atoms with Gasteiger partial charge in [0.15, 0.2) is 0 Å². The molecule has 0 bridgehead atoms. The SMILES string of the molecule is CCC.NC(=O)N1CCN(N2CCCCC2)C1=O.[HH]. The third-order valence-corrected chi connectivity index (χ3v) is 2.93. The smallest absolute Gasteiger partial charge is 0.342 e. The van der Waals surface area contributed by atoms with Crippen LogP contribution in [0.1, 0.15) is 41.0 Å². The molecule has 4 amide bonds. The molecule has 6 nitrogen and oxygen atoms in total. The highest BCUT2D eigenvalue weighted by Gasteiger charge is 2.35. The molecule has 0 saturated carbocycles. The van der Waals surface area contributed by atoms with Gasteiger partial charge in [-0.2, -0.15) is 0 Å². The molecule has 0 spiro atoms. The number of urea groups is 2. The molecule has 2 saturated heterocycles. The largest absolute Gasteiger partial charge is 0.351 e. The molecule has 2 aliphatic rings. The van der Waals surface area contributed by atoms with Gasteiger partial charge in [-0.05, 0) is 12.8 Å². The summed E-state index contributed by atoms with van der Waals surface area (Å²) in [5.41, 5.74) is 5.10. The van der Waals surface area contributed by atoms with Crippen LogP contribution in [0.5, 0.6) is 0 Å². The summed E-state index contributed by atoms with van der Waals surface area (Å²) in [6.45, 7) is 7.03. The monoisotopic (exact) mass is 258 g/mol. The van der Waals surface area contributed by atoms with Crippen LogP contribution in [-0.2, 0) is 0 Å². The Hall–Kier alpha value is -1.30. The van der Waals surface area contributed by atoms with Gasteiger partial charge in [0.2, 0.25) is 0 Å². The molecule has 0 atom stereocenters. The maximum atomic E-state index is 11.8. The van der Waals surface area contributed by atoms with Crippen molar-refractivity contribution < 1.29 is 11.0 Å². The molecular formula is C12H26N4O2. The Morgan fingerprint density at radius 3 is 2.17 bits per heavy atom. The molecule has 2 fully saturated rings. The molecule has 0 aromatic carbocycles. The van der Waals surface area contributed by atoms with Crippen LogP contribution in [0.15, 0.2) is 0 Å². The zero-order chi connectivity index (χ0) is 13.5. The van der Waals surface area contributed by atoms with Gasteiger partial charge in [0.05, 0.1) is 13.1 Å². The average Bonchev–Trinajstić information content (AvgIpc) is 2.73. The maximum Gasteiger partial charge on any atom is 0.342 e. The van der Waals surface area contributed by atoms with Gasteiger partial charge >= 0.3 is 12.1 Å². The van der Waals surface area contributed by atoms with Gasteiger partial charge in [-0.25, -0.2) is 19.5 Å². The predicted molar refractivity (Wildman–Crippen MR) is 71.9 cm³/mol. The number of amides is 4. The minimum atomic E-state index is -0.653. The third-order valence-electron chi connectivity index (χ3n) is 2.93. The van der Waals surface area contributed by atoms with Crippen LogP contribution in [0, 0.1) is 0 Å². The van der Waals surface area contributed by atoms with Gasteiger partial charge in [-0.3, -0.25) is 5.01 Å². The van der Waals surface area contributed by atoms with Crippen molar-refractivity contribution in [2.45, 2.75) is 39.5 Å². The van der Waals surface area contributed by atoms with Gasteiger partial charge in [0.25, 0.3) is 0 Å². The second kappa shape index (κ2) is 7.20. The van der Waals surface area contributed by atoms with Crippen molar-refractivity contribution in [3.8, 4) is 0 Å². The highest BCUT2D eigenvalue weighted by molar-refractivity contribution is 5.93. The van der Waals surface area contributed by atoms with Crippen LogP contribution in [0.4, 0.5) is 9.59 Å². The summed E-state index contributed by atoms with van der Waals surface area (Å²) in [7, 11) is 0. The molecule has 0 aromatic heterocycles. The van der Waals surface area contributed by atoms with E-state index < -0.39 is 6.03 Å². The van der Waals surface area contributed by atoms with E-state index >= 15 is 0 Å². The Labute approximate surface area is 110 Å². The second-order valence-corrected chi connectivity index (χ2v) is 4.62. The fourth-order valence-corrected chi connectivity index (χ4v) is 2.11. The minimum absolute atomic E-state index is 0. The first-order chi connectivity index (χ1) is 8.61. The summed E-state index contributed by atoms with van der Waals surface area (Å²) >= 11 is 0. The normalized spacial score (nSPS) is 20.7. The summed E-state index contributed by atoms with van der Waals surface area (Å²) in [6, 6.07) is -0.927. The molecule has 18 heavy (non-hydrogen) atoms. The number of carbonyl (C=O) groups is 2. The first-order valence-electron chi connectivity index (χ1n) is 6.75. The van der Waals surface area contributed by atoms with Gasteiger partial charge in [-0.15, -0.1) is 0 Å². The number of imide groups is 1. The number of hydrazine groups is 1. The van der Waals surface area contributed by atoms with E-state index in [4.69, 9.17) is 5.73 Å². The van der Waals surface area contributed by atoms with E-state index in [1.165, 1.54) is 12.8 Å². The number of rotatable bonds is 1. The van der Waals surface area contributed by atoms with Crippen molar-refractivity contribution in [2.24, 2.45) is 5.73 Å². The van der Waals surface area contributed by atoms with Crippen LogP contribution >= 0.6 is 0 Å². The lowest BCUT2D eigenvalue weighted by molar-refractivity contribution is 0.0133. The standard InChI is InChI=1S/C9H16N4O2.C3H8.H2/c10-8(14)12-6-7-13(9(12)15)11-4-2-1-3-5-11;1-3-2;/h1-7H2,(H2,10,14);3H2,1-2H3;1H. The van der Waals surface area contributed by atoms with E-state index in [0.29, 0.717) is 13.1 Å². The Bertz CT molecular complexity index is 295. The summed E-state index contributed by atoms with van der Waals surface area (Å²) in [5, 5.41) is 3.67. The average molecular weight is 258 g/mol. The molecule has 0 aromatic rings. The van der Waals surface area contributed by atoms with Crippen molar-refractivity contribution in [1.29, 1.82) is 0 Å². The number of nitrogens with zero attached hydrogens (tertiary/aromatic N) is 3. The van der Waals surface area contributed by atoms with Gasteiger partial charge < -0.3 is 5.73 Å². The van der Waals surface area contributed by atoms with Crippen LogP contribution in [-0.4, -0.2) is 53.2 Å². The zero-order valence-electron chi connectivity index (χ0n) is 11.4. The molecule has 2 heterocycles. The Morgan fingerprint density at radius 1 is 1.17 bits per heavy atom. The van der Waals surface area contributed by atoms with E-state index in [9.17, 15) is 9.59 Å².